The average molecular weight is 398 g/mol. The Hall–Kier alpha value is -2.31. The summed E-state index contributed by atoms with van der Waals surface area (Å²) in [6.45, 7) is 3.79. The second kappa shape index (κ2) is 10.3. The van der Waals surface area contributed by atoms with Crippen molar-refractivity contribution in [1.29, 1.82) is 0 Å². The van der Waals surface area contributed by atoms with Gasteiger partial charge in [-0.3, -0.25) is 9.59 Å². The summed E-state index contributed by atoms with van der Waals surface area (Å²) < 4.78 is 0. The number of para-hydroxylation sites is 1. The summed E-state index contributed by atoms with van der Waals surface area (Å²) in [5.74, 6) is 1.17. The van der Waals surface area contributed by atoms with Gasteiger partial charge in [0, 0.05) is 37.0 Å². The number of carbonyl (C=O) groups excluding carboxylic acids is 2. The fourth-order valence-electron chi connectivity index (χ4n) is 3.23. The van der Waals surface area contributed by atoms with Crippen molar-refractivity contribution in [1.82, 2.24) is 5.32 Å². The molecule has 0 saturated heterocycles. The Morgan fingerprint density at radius 3 is 2.64 bits per heavy atom. The van der Waals surface area contributed by atoms with Gasteiger partial charge in [0.2, 0.25) is 11.8 Å². The topological polar surface area (TPSA) is 61.4 Å². The Bertz CT molecular complexity index is 808. The van der Waals surface area contributed by atoms with E-state index in [-0.39, 0.29) is 11.8 Å². The molecule has 2 N–H and O–H groups in total. The molecule has 1 heterocycles. The number of nitrogens with zero attached hydrogens (tertiary/aromatic N) is 1. The number of nitrogens with one attached hydrogen (secondary N) is 2. The predicted octanol–water partition coefficient (Wildman–Crippen LogP) is 3.70. The Kier molecular flexibility index (Phi) is 7.51. The van der Waals surface area contributed by atoms with E-state index >= 15 is 0 Å². The molecule has 0 radical (unpaired) electrons. The first-order valence-corrected chi connectivity index (χ1v) is 10.7. The van der Waals surface area contributed by atoms with Crippen LogP contribution < -0.4 is 15.5 Å². The summed E-state index contributed by atoms with van der Waals surface area (Å²) in [6.07, 6.45) is 2.41. The maximum atomic E-state index is 12.7. The number of hydrogen-bond acceptors (Lipinski definition) is 4. The minimum Gasteiger partial charge on any atom is -0.326 e. The molecule has 28 heavy (non-hydrogen) atoms. The highest BCUT2D eigenvalue weighted by Crippen LogP contribution is 2.33. The third-order valence-corrected chi connectivity index (χ3v) is 5.77. The normalized spacial score (nSPS) is 13.5. The fourth-order valence-corrected chi connectivity index (χ4v) is 4.23. The lowest BCUT2D eigenvalue weighted by Gasteiger charge is -2.22. The van der Waals surface area contributed by atoms with Crippen molar-refractivity contribution in [3.8, 4) is 0 Å². The summed E-state index contributed by atoms with van der Waals surface area (Å²) in [5.41, 5.74) is 3.06. The van der Waals surface area contributed by atoms with E-state index in [1.807, 2.05) is 59.1 Å². The van der Waals surface area contributed by atoms with E-state index in [0.717, 1.165) is 43.1 Å². The summed E-state index contributed by atoms with van der Waals surface area (Å²) in [5, 5.41) is 6.13. The predicted molar refractivity (Wildman–Crippen MR) is 116 cm³/mol. The van der Waals surface area contributed by atoms with Crippen LogP contribution in [0.15, 0.2) is 53.4 Å². The maximum absolute atomic E-state index is 12.7. The molecule has 0 atom stereocenters. The molecule has 2 aromatic rings. The summed E-state index contributed by atoms with van der Waals surface area (Å²) in [6, 6.07) is 16.0. The van der Waals surface area contributed by atoms with Crippen LogP contribution in [0.2, 0.25) is 0 Å². The van der Waals surface area contributed by atoms with Crippen molar-refractivity contribution in [2.45, 2.75) is 31.1 Å². The van der Waals surface area contributed by atoms with Gasteiger partial charge < -0.3 is 15.5 Å². The smallest absolute Gasteiger partial charge is 0.228 e. The minimum absolute atomic E-state index is 0.0651. The molecule has 0 saturated carbocycles. The molecule has 0 unspecified atom stereocenters. The van der Waals surface area contributed by atoms with Crippen molar-refractivity contribution in [2.75, 3.05) is 35.6 Å². The van der Waals surface area contributed by atoms with Crippen LogP contribution >= 0.6 is 11.8 Å². The molecule has 0 spiro atoms. The molecular formula is C22H27N3O2S. The van der Waals surface area contributed by atoms with E-state index in [1.165, 1.54) is 17.4 Å². The van der Waals surface area contributed by atoms with Crippen LogP contribution in [0.5, 0.6) is 0 Å². The number of thioether (sulfide) groups is 1. The zero-order valence-electron chi connectivity index (χ0n) is 16.2. The van der Waals surface area contributed by atoms with Gasteiger partial charge in [-0.25, -0.2) is 0 Å². The molecule has 0 aromatic heterocycles. The van der Waals surface area contributed by atoms with Gasteiger partial charge in [0.15, 0.2) is 0 Å². The third kappa shape index (κ3) is 5.84. The Balaban J connectivity index is 1.42. The molecule has 2 aromatic carbocycles. The first-order valence-electron chi connectivity index (χ1n) is 9.73. The van der Waals surface area contributed by atoms with Crippen LogP contribution in [0.1, 0.15) is 25.3 Å². The van der Waals surface area contributed by atoms with Crippen molar-refractivity contribution in [2.24, 2.45) is 0 Å². The first-order chi connectivity index (χ1) is 13.6. The number of anilines is 2. The van der Waals surface area contributed by atoms with Crippen LogP contribution in [-0.2, 0) is 16.0 Å². The molecular weight excluding hydrogens is 370 g/mol. The number of fused-ring (bicyclic) bond motifs is 1. The second-order valence-electron chi connectivity index (χ2n) is 6.84. The van der Waals surface area contributed by atoms with Gasteiger partial charge in [-0.15, -0.1) is 11.8 Å². The van der Waals surface area contributed by atoms with Gasteiger partial charge in [0.25, 0.3) is 0 Å². The standard InChI is InChI=1S/C22H27N3O2S/c1-17(26)24-19-9-7-18(8-10-19)11-13-23-14-12-22(27)25-15-4-16-28-21-6-3-2-5-20(21)25/h2-3,5-10,23H,4,11-16H2,1H3,(H,24,26). The van der Waals surface area contributed by atoms with Crippen LogP contribution in [0.3, 0.4) is 0 Å². The average Bonchev–Trinajstić information content (AvgIpc) is 2.91. The molecule has 1 aliphatic heterocycles. The molecule has 2 amide bonds. The van der Waals surface area contributed by atoms with Crippen LogP contribution in [0, 0.1) is 0 Å². The number of carbonyl (C=O) groups is 2. The van der Waals surface area contributed by atoms with Gasteiger partial charge in [-0.1, -0.05) is 24.3 Å². The second-order valence-corrected chi connectivity index (χ2v) is 7.98. The fraction of sp³-hybridized carbons (Fsp3) is 0.364. The van der Waals surface area contributed by atoms with E-state index in [0.29, 0.717) is 13.0 Å². The Morgan fingerprint density at radius 2 is 1.86 bits per heavy atom. The Labute approximate surface area is 170 Å². The number of rotatable bonds is 7. The molecule has 148 valence electrons. The van der Waals surface area contributed by atoms with Gasteiger partial charge in [-0.05, 0) is 55.0 Å². The van der Waals surface area contributed by atoms with Gasteiger partial charge in [0.1, 0.15) is 0 Å². The minimum atomic E-state index is -0.0651. The molecule has 0 bridgehead atoms. The number of hydrogen-bond donors (Lipinski definition) is 2. The lowest BCUT2D eigenvalue weighted by Crippen LogP contribution is -2.34. The van der Waals surface area contributed by atoms with Crippen molar-refractivity contribution in [3.63, 3.8) is 0 Å². The SMILES string of the molecule is CC(=O)Nc1ccc(CCNCCC(=O)N2CCCSc3ccccc32)cc1. The zero-order chi connectivity index (χ0) is 19.8. The highest BCUT2D eigenvalue weighted by Gasteiger charge is 2.20. The molecule has 5 nitrogen and oxygen atoms in total. The van der Waals surface area contributed by atoms with Crippen LogP contribution in [-0.4, -0.2) is 37.2 Å². The molecule has 6 heteroatoms. The van der Waals surface area contributed by atoms with Gasteiger partial charge >= 0.3 is 0 Å². The van der Waals surface area contributed by atoms with E-state index in [4.69, 9.17) is 0 Å². The summed E-state index contributed by atoms with van der Waals surface area (Å²) in [4.78, 5) is 26.9. The van der Waals surface area contributed by atoms with Gasteiger partial charge in [0.05, 0.1) is 5.69 Å². The number of amides is 2. The van der Waals surface area contributed by atoms with E-state index in [9.17, 15) is 9.59 Å². The van der Waals surface area contributed by atoms with Crippen molar-refractivity contribution < 1.29 is 9.59 Å². The quantitative estimate of drug-likeness (QED) is 0.700. The third-order valence-electron chi connectivity index (χ3n) is 4.62. The molecule has 0 aliphatic carbocycles. The van der Waals surface area contributed by atoms with E-state index in [2.05, 4.69) is 16.7 Å². The van der Waals surface area contributed by atoms with E-state index in [1.54, 1.807) is 0 Å². The highest BCUT2D eigenvalue weighted by atomic mass is 32.2. The van der Waals surface area contributed by atoms with Crippen LogP contribution in [0.4, 0.5) is 11.4 Å². The summed E-state index contributed by atoms with van der Waals surface area (Å²) >= 11 is 1.83. The number of benzene rings is 2. The van der Waals surface area contributed by atoms with Crippen molar-refractivity contribution >= 4 is 35.0 Å². The largest absolute Gasteiger partial charge is 0.326 e. The Morgan fingerprint density at radius 1 is 1.07 bits per heavy atom. The molecule has 1 aliphatic rings. The first kappa shape index (κ1) is 20.4. The van der Waals surface area contributed by atoms with Crippen LogP contribution in [0.25, 0.3) is 0 Å². The zero-order valence-corrected chi connectivity index (χ0v) is 17.1. The molecule has 0 fully saturated rings. The highest BCUT2D eigenvalue weighted by molar-refractivity contribution is 7.99. The van der Waals surface area contributed by atoms with Crippen molar-refractivity contribution in [3.05, 3.63) is 54.1 Å². The summed E-state index contributed by atoms with van der Waals surface area (Å²) in [7, 11) is 0. The lowest BCUT2D eigenvalue weighted by molar-refractivity contribution is -0.118. The monoisotopic (exact) mass is 397 g/mol. The van der Waals surface area contributed by atoms with Gasteiger partial charge in [-0.2, -0.15) is 0 Å². The maximum Gasteiger partial charge on any atom is 0.228 e. The van der Waals surface area contributed by atoms with E-state index < -0.39 is 0 Å². The lowest BCUT2D eigenvalue weighted by atomic mass is 10.1. The molecule has 3 rings (SSSR count).